The summed E-state index contributed by atoms with van der Waals surface area (Å²) >= 11 is 0. The molecule has 1 aliphatic rings. The molecule has 0 radical (unpaired) electrons. The van der Waals surface area contributed by atoms with Crippen LogP contribution >= 0.6 is 0 Å². The second kappa shape index (κ2) is 7.41. The third kappa shape index (κ3) is 4.02. The average Bonchev–Trinajstić information content (AvgIpc) is 2.67. The SMILES string of the molecule is CS(=O)(=O)c1ccc(C(=O)N2CCC(C(=O)c3ccccc3)CC2)cc1. The van der Waals surface area contributed by atoms with E-state index in [1.165, 1.54) is 12.1 Å². The first-order valence-corrected chi connectivity index (χ1v) is 10.4. The van der Waals surface area contributed by atoms with Gasteiger partial charge in [0, 0.05) is 36.4 Å². The molecule has 0 spiro atoms. The number of nitrogens with zero attached hydrogens (tertiary/aromatic N) is 1. The predicted molar refractivity (Wildman–Crippen MR) is 99.0 cm³/mol. The van der Waals surface area contributed by atoms with Crippen molar-refractivity contribution in [2.75, 3.05) is 19.3 Å². The van der Waals surface area contributed by atoms with Crippen molar-refractivity contribution in [1.29, 1.82) is 0 Å². The summed E-state index contributed by atoms with van der Waals surface area (Å²) in [6, 6.07) is 15.2. The van der Waals surface area contributed by atoms with E-state index in [4.69, 9.17) is 0 Å². The van der Waals surface area contributed by atoms with Gasteiger partial charge in [-0.25, -0.2) is 8.42 Å². The highest BCUT2D eigenvalue weighted by molar-refractivity contribution is 7.90. The van der Waals surface area contributed by atoms with E-state index in [2.05, 4.69) is 0 Å². The maximum atomic E-state index is 12.6. The van der Waals surface area contributed by atoms with Crippen LogP contribution in [0.3, 0.4) is 0 Å². The van der Waals surface area contributed by atoms with Crippen molar-refractivity contribution in [1.82, 2.24) is 4.90 Å². The first-order chi connectivity index (χ1) is 12.4. The Morgan fingerprint density at radius 3 is 2.00 bits per heavy atom. The van der Waals surface area contributed by atoms with Crippen molar-refractivity contribution in [3.05, 3.63) is 65.7 Å². The van der Waals surface area contributed by atoms with Crippen LogP contribution in [0.5, 0.6) is 0 Å². The third-order valence-electron chi connectivity index (χ3n) is 4.74. The van der Waals surface area contributed by atoms with Crippen LogP contribution in [-0.2, 0) is 9.84 Å². The molecule has 2 aromatic rings. The molecule has 0 saturated carbocycles. The van der Waals surface area contributed by atoms with Gasteiger partial charge in [0.05, 0.1) is 4.90 Å². The lowest BCUT2D eigenvalue weighted by molar-refractivity contribution is 0.0650. The van der Waals surface area contributed by atoms with Crippen molar-refractivity contribution in [3.8, 4) is 0 Å². The molecule has 0 aliphatic carbocycles. The van der Waals surface area contributed by atoms with Gasteiger partial charge in [-0.1, -0.05) is 30.3 Å². The van der Waals surface area contributed by atoms with Gasteiger partial charge in [0.25, 0.3) is 5.91 Å². The Kier molecular flexibility index (Phi) is 5.23. The summed E-state index contributed by atoms with van der Waals surface area (Å²) in [6.45, 7) is 1.05. The van der Waals surface area contributed by atoms with Crippen molar-refractivity contribution in [2.24, 2.45) is 5.92 Å². The molecule has 0 atom stereocenters. The zero-order chi connectivity index (χ0) is 18.7. The van der Waals surface area contributed by atoms with E-state index >= 15 is 0 Å². The summed E-state index contributed by atoms with van der Waals surface area (Å²) in [5.74, 6) is -0.0556. The van der Waals surface area contributed by atoms with Gasteiger partial charge in [-0.2, -0.15) is 0 Å². The number of carbonyl (C=O) groups is 2. The lowest BCUT2D eigenvalue weighted by Crippen LogP contribution is -2.40. The predicted octanol–water partition coefficient (Wildman–Crippen LogP) is 2.83. The van der Waals surface area contributed by atoms with Crippen molar-refractivity contribution in [3.63, 3.8) is 0 Å². The summed E-state index contributed by atoms with van der Waals surface area (Å²) in [5.41, 5.74) is 1.18. The van der Waals surface area contributed by atoms with Crippen molar-refractivity contribution >= 4 is 21.5 Å². The first kappa shape index (κ1) is 18.3. The van der Waals surface area contributed by atoms with Crippen molar-refractivity contribution in [2.45, 2.75) is 17.7 Å². The molecule has 3 rings (SSSR count). The molecule has 1 saturated heterocycles. The molecule has 5 nitrogen and oxygen atoms in total. The molecule has 1 fully saturated rings. The third-order valence-corrected chi connectivity index (χ3v) is 5.87. The number of benzene rings is 2. The van der Waals surface area contributed by atoms with Gasteiger partial charge in [-0.15, -0.1) is 0 Å². The Bertz CT molecular complexity index is 897. The van der Waals surface area contributed by atoms with Crippen LogP contribution in [0.2, 0.25) is 0 Å². The second-order valence-electron chi connectivity index (χ2n) is 6.59. The smallest absolute Gasteiger partial charge is 0.253 e. The molecule has 0 aromatic heterocycles. The van der Waals surface area contributed by atoms with Crippen LogP contribution in [0, 0.1) is 5.92 Å². The minimum absolute atomic E-state index is 0.0611. The molecule has 0 N–H and O–H groups in total. The van der Waals surface area contributed by atoms with Gasteiger partial charge in [-0.05, 0) is 37.1 Å². The maximum Gasteiger partial charge on any atom is 0.253 e. The lowest BCUT2D eigenvalue weighted by Gasteiger charge is -2.31. The fraction of sp³-hybridized carbons (Fsp3) is 0.300. The number of hydrogen-bond donors (Lipinski definition) is 0. The minimum Gasteiger partial charge on any atom is -0.339 e. The molecule has 0 unspecified atom stereocenters. The molecular formula is C20H21NO4S. The van der Waals surface area contributed by atoms with Gasteiger partial charge in [-0.3, -0.25) is 9.59 Å². The van der Waals surface area contributed by atoms with E-state index in [0.717, 1.165) is 6.26 Å². The number of carbonyl (C=O) groups excluding carboxylic acids is 2. The molecular weight excluding hydrogens is 350 g/mol. The van der Waals surface area contributed by atoms with Gasteiger partial charge in [0.15, 0.2) is 15.6 Å². The molecule has 26 heavy (non-hydrogen) atoms. The summed E-state index contributed by atoms with van der Waals surface area (Å²) in [5, 5.41) is 0. The topological polar surface area (TPSA) is 71.5 Å². The van der Waals surface area contributed by atoms with E-state index in [1.807, 2.05) is 30.3 Å². The standard InChI is InChI=1S/C20H21NO4S/c1-26(24,25)18-9-7-17(8-10-18)20(23)21-13-11-16(12-14-21)19(22)15-5-3-2-4-6-15/h2-10,16H,11-14H2,1H3. The highest BCUT2D eigenvalue weighted by Crippen LogP contribution is 2.23. The molecule has 1 amide bonds. The van der Waals surface area contributed by atoms with Crippen LogP contribution < -0.4 is 0 Å². The fourth-order valence-electron chi connectivity index (χ4n) is 3.21. The number of Topliss-reactive ketones (excluding diaryl/α,β-unsaturated/α-hetero) is 1. The normalized spacial score (nSPS) is 15.7. The molecule has 0 bridgehead atoms. The van der Waals surface area contributed by atoms with Crippen molar-refractivity contribution < 1.29 is 18.0 Å². The number of amides is 1. The number of piperidine rings is 1. The van der Waals surface area contributed by atoms with Gasteiger partial charge >= 0.3 is 0 Å². The van der Waals surface area contributed by atoms with E-state index in [1.54, 1.807) is 17.0 Å². The Labute approximate surface area is 153 Å². The highest BCUT2D eigenvalue weighted by atomic mass is 32.2. The summed E-state index contributed by atoms with van der Waals surface area (Å²) in [4.78, 5) is 27.0. The Hall–Kier alpha value is -2.47. The van der Waals surface area contributed by atoms with Crippen LogP contribution in [0.4, 0.5) is 0 Å². The molecule has 1 aliphatic heterocycles. The Morgan fingerprint density at radius 2 is 1.46 bits per heavy atom. The molecule has 1 heterocycles. The van der Waals surface area contributed by atoms with Gasteiger partial charge < -0.3 is 4.90 Å². The zero-order valence-electron chi connectivity index (χ0n) is 14.6. The molecule has 2 aromatic carbocycles. The number of ketones is 1. The van der Waals surface area contributed by atoms with Crippen LogP contribution in [-0.4, -0.2) is 44.4 Å². The quantitative estimate of drug-likeness (QED) is 0.775. The van der Waals surface area contributed by atoms with Gasteiger partial charge in [0.2, 0.25) is 0 Å². The van der Waals surface area contributed by atoms with E-state index in [-0.39, 0.29) is 22.5 Å². The Balaban J connectivity index is 1.63. The summed E-state index contributed by atoms with van der Waals surface area (Å²) in [7, 11) is -3.28. The Morgan fingerprint density at radius 1 is 0.885 bits per heavy atom. The van der Waals surface area contributed by atoms with E-state index < -0.39 is 9.84 Å². The van der Waals surface area contributed by atoms with E-state index in [0.29, 0.717) is 37.1 Å². The fourth-order valence-corrected chi connectivity index (χ4v) is 3.84. The van der Waals surface area contributed by atoms with Crippen LogP contribution in [0.1, 0.15) is 33.6 Å². The minimum atomic E-state index is -3.28. The van der Waals surface area contributed by atoms with Crippen LogP contribution in [0.25, 0.3) is 0 Å². The highest BCUT2D eigenvalue weighted by Gasteiger charge is 2.28. The first-order valence-electron chi connectivity index (χ1n) is 8.55. The largest absolute Gasteiger partial charge is 0.339 e. The monoisotopic (exact) mass is 371 g/mol. The average molecular weight is 371 g/mol. The molecule has 6 heteroatoms. The number of hydrogen-bond acceptors (Lipinski definition) is 4. The lowest BCUT2D eigenvalue weighted by atomic mass is 9.88. The van der Waals surface area contributed by atoms with E-state index in [9.17, 15) is 18.0 Å². The summed E-state index contributed by atoms with van der Waals surface area (Å²) in [6.07, 6.45) is 2.42. The van der Waals surface area contributed by atoms with Gasteiger partial charge in [0.1, 0.15) is 0 Å². The number of sulfone groups is 1. The maximum absolute atomic E-state index is 12.6. The zero-order valence-corrected chi connectivity index (χ0v) is 15.4. The number of likely N-dealkylation sites (tertiary alicyclic amines) is 1. The second-order valence-corrected chi connectivity index (χ2v) is 8.61. The number of rotatable bonds is 4. The molecule has 136 valence electrons. The van der Waals surface area contributed by atoms with Crippen LogP contribution in [0.15, 0.2) is 59.5 Å². The summed E-state index contributed by atoms with van der Waals surface area (Å²) < 4.78 is 23.0.